The fourth-order valence-corrected chi connectivity index (χ4v) is 1.47. The Kier molecular flexibility index (Phi) is 44.3. The molecule has 15 nitrogen and oxygen atoms in total. The van der Waals surface area contributed by atoms with Gasteiger partial charge in [-0.25, -0.2) is 0 Å². The van der Waals surface area contributed by atoms with Crippen LogP contribution in [0.4, 0.5) is 0 Å². The minimum atomic E-state index is -1.54. The number of carbonyl (C=O) groups excluding carboxylic acids is 2. The first-order chi connectivity index (χ1) is 11.8. The van der Waals surface area contributed by atoms with Gasteiger partial charge in [0.1, 0.15) is 0 Å². The fourth-order valence-electron chi connectivity index (χ4n) is 1.47. The maximum atomic E-state index is 10.1. The molecular weight excluding hydrogens is 505 g/mol. The van der Waals surface area contributed by atoms with Crippen LogP contribution >= 0.6 is 0 Å². The van der Waals surface area contributed by atoms with E-state index in [4.69, 9.17) is 20.4 Å². The predicted octanol–water partition coefficient (Wildman–Crippen LogP) is -15.4. The third kappa shape index (κ3) is 41.0. The van der Waals surface area contributed by atoms with Crippen molar-refractivity contribution in [1.29, 1.82) is 0 Å². The summed E-state index contributed by atoms with van der Waals surface area (Å²) in [6.07, 6.45) is 0. The Bertz CT molecular complexity index is 444. The summed E-state index contributed by atoms with van der Waals surface area (Å²) in [7, 11) is 0. The molecule has 0 aliphatic carbocycles. The van der Waals surface area contributed by atoms with Gasteiger partial charge in [-0.05, 0) is 0 Å². The van der Waals surface area contributed by atoms with E-state index >= 15 is 0 Å². The molecule has 0 saturated heterocycles. The van der Waals surface area contributed by atoms with Crippen molar-refractivity contribution in [1.82, 2.24) is 9.80 Å². The minimum absolute atomic E-state index is 0. The van der Waals surface area contributed by atoms with Crippen LogP contribution in [0, 0.1) is 0 Å². The van der Waals surface area contributed by atoms with Gasteiger partial charge in [0, 0.05) is 13.1 Å². The van der Waals surface area contributed by atoms with Crippen LogP contribution in [0.5, 0.6) is 0 Å². The first kappa shape index (κ1) is 48.6. The molecule has 0 amide bonds. The molecule has 0 unspecified atom stereocenters. The molecule has 0 radical (unpaired) electrons. The van der Waals surface area contributed by atoms with Gasteiger partial charge in [-0.15, -0.1) is 0 Å². The number of carbonyl (C=O) groups is 6. The van der Waals surface area contributed by atoms with E-state index in [0.717, 1.165) is 4.90 Å². The van der Waals surface area contributed by atoms with Crippen molar-refractivity contribution in [3.63, 3.8) is 0 Å². The summed E-state index contributed by atoms with van der Waals surface area (Å²) in [6.45, 7) is -3.97. The number of nitrogens with zero attached hydrogens (tertiary/aromatic N) is 2. The number of hydrogen-bond acceptors (Lipinski definition) is 10. The maximum Gasteiger partial charge on any atom is 2.00 e. The quantitative estimate of drug-likeness (QED) is 0.173. The molecule has 0 bridgehead atoms. The second kappa shape index (κ2) is 28.3. The zero-order chi connectivity index (χ0) is 20.9. The van der Waals surface area contributed by atoms with Gasteiger partial charge in [-0.1, -0.05) is 0 Å². The van der Waals surface area contributed by atoms with Crippen molar-refractivity contribution in [2.24, 2.45) is 0 Å². The monoisotopic (exact) mass is 523 g/mol. The first-order valence-electron chi connectivity index (χ1n) is 6.55. The van der Waals surface area contributed by atoms with Gasteiger partial charge >= 0.3 is 130 Å². The molecule has 31 heavy (non-hydrogen) atoms. The van der Waals surface area contributed by atoms with Crippen LogP contribution in [-0.4, -0.2) is 111 Å². The first-order valence-corrected chi connectivity index (χ1v) is 6.55. The molecule has 0 saturated carbocycles. The minimum Gasteiger partial charge on any atom is -0.549 e. The van der Waals surface area contributed by atoms with E-state index < -0.39 is 75.1 Å². The van der Waals surface area contributed by atoms with E-state index in [1.165, 1.54) is 0 Å². The van der Waals surface area contributed by atoms with Crippen molar-refractivity contribution < 1.29 is 171 Å². The average Bonchev–Trinajstić information content (AvgIpc) is 2.33. The maximum absolute atomic E-state index is 10.1. The van der Waals surface area contributed by atoms with Gasteiger partial charge < -0.3 is 45.7 Å². The van der Waals surface area contributed by atoms with Crippen molar-refractivity contribution in [3.05, 3.63) is 0 Å². The predicted molar refractivity (Wildman–Crippen MR) is 77.1 cm³/mol. The van der Waals surface area contributed by atoms with Gasteiger partial charge in [0.15, 0.2) is 0 Å². The topological polar surface area (TPSA) is 267 Å². The molecule has 0 rings (SSSR count). The Morgan fingerprint density at radius 2 is 0.677 bits per heavy atom. The molecule has 0 spiro atoms. The molecule has 0 aliphatic heterocycles. The van der Waals surface area contributed by atoms with Crippen LogP contribution in [0.1, 0.15) is 0 Å². The summed E-state index contributed by atoms with van der Waals surface area (Å²) in [6, 6.07) is 0. The molecule has 0 aliphatic rings. The molecule has 19 heteroatoms. The van der Waals surface area contributed by atoms with E-state index in [1.54, 1.807) is 0 Å². The zero-order valence-corrected chi connectivity index (χ0v) is 24.1. The van der Waals surface area contributed by atoms with E-state index in [0.29, 0.717) is 4.90 Å². The number of aliphatic carboxylic acids is 6. The number of hydrogen-bond donors (Lipinski definition) is 4. The van der Waals surface area contributed by atoms with Crippen LogP contribution in [0.15, 0.2) is 0 Å². The van der Waals surface area contributed by atoms with Gasteiger partial charge in [0.05, 0.1) is 38.1 Å². The van der Waals surface area contributed by atoms with E-state index in [2.05, 4.69) is 0 Å². The summed E-state index contributed by atoms with van der Waals surface area (Å²) in [5, 5.41) is 53.1. The molecule has 0 aromatic heterocycles. The summed E-state index contributed by atoms with van der Waals surface area (Å²) >= 11 is 0. The van der Waals surface area contributed by atoms with Crippen molar-refractivity contribution in [2.75, 3.05) is 39.3 Å². The summed E-state index contributed by atoms with van der Waals surface area (Å²) in [5.41, 5.74) is 0. The normalized spacial score (nSPS) is 8.32. The van der Waals surface area contributed by atoms with Gasteiger partial charge in [0.25, 0.3) is 0 Å². The summed E-state index contributed by atoms with van der Waals surface area (Å²) in [4.78, 5) is 62.0. The summed E-state index contributed by atoms with van der Waals surface area (Å²) < 4.78 is 0. The van der Waals surface area contributed by atoms with Crippen molar-refractivity contribution in [3.8, 4) is 0 Å². The Morgan fingerprint density at radius 1 is 0.516 bits per heavy atom. The van der Waals surface area contributed by atoms with E-state index in [1.807, 2.05) is 0 Å². The van der Waals surface area contributed by atoms with Gasteiger partial charge in [-0.2, -0.15) is 0 Å². The molecule has 6 N–H and O–H groups in total. The number of carboxylic acids is 6. The molecule has 0 aromatic carbocycles. The largest absolute Gasteiger partial charge is 2.00 e. The van der Waals surface area contributed by atoms with E-state index in [9.17, 15) is 39.0 Å². The van der Waals surface area contributed by atoms with Crippen LogP contribution in [-0.2, 0) is 45.8 Å². The van der Waals surface area contributed by atoms with Crippen LogP contribution in [0.25, 0.3) is 0 Å². The van der Waals surface area contributed by atoms with Gasteiger partial charge in [0.2, 0.25) is 0 Å². The summed E-state index contributed by atoms with van der Waals surface area (Å²) in [5.74, 6) is -8.18. The average molecular weight is 523 g/mol. The molecular formula is C12H18FeN2Na3O13+3. The second-order valence-corrected chi connectivity index (χ2v) is 4.61. The van der Waals surface area contributed by atoms with Crippen LogP contribution in [0.2, 0.25) is 0 Å². The van der Waals surface area contributed by atoms with E-state index in [-0.39, 0.29) is 111 Å². The van der Waals surface area contributed by atoms with Gasteiger partial charge in [-0.3, -0.25) is 29.0 Å². The Hall–Kier alpha value is 0.219. The Balaban J connectivity index is -0.0000000640. The molecule has 0 fully saturated rings. The smallest absolute Gasteiger partial charge is 0.549 e. The Labute approximate surface area is 252 Å². The third-order valence-corrected chi connectivity index (χ3v) is 2.14. The fraction of sp³-hybridized carbons (Fsp3) is 0.500. The van der Waals surface area contributed by atoms with Crippen molar-refractivity contribution >= 4 is 35.8 Å². The number of carboxylic acid groups (broad SMARTS) is 6. The Morgan fingerprint density at radius 3 is 0.806 bits per heavy atom. The SMILES string of the molecule is O.O=C(O)CN(CC(=O)O)CC(=O)O.O=C([O-])CN(CC(=O)[O-])CC(=O)O.[Fe+2].[Na+].[Na+].[Na+]. The molecule has 162 valence electrons. The third-order valence-electron chi connectivity index (χ3n) is 2.14. The molecule has 0 atom stereocenters. The molecule has 0 aromatic rings. The zero-order valence-electron chi connectivity index (χ0n) is 17.0. The molecule has 0 heterocycles. The number of rotatable bonds is 12. The van der Waals surface area contributed by atoms with Crippen LogP contribution in [0.3, 0.4) is 0 Å². The standard InChI is InChI=1S/2C6H9NO6.Fe.3Na.H2O/c2*8-4(9)1-7(2-5(10)11)3-6(12)13;;;;;/h2*1-3H2,(H,8,9)(H,10,11)(H,12,13);;;;;1H2/q;;+2;3*+1;/p-2. The van der Waals surface area contributed by atoms with Crippen LogP contribution < -0.4 is 98.9 Å². The second-order valence-electron chi connectivity index (χ2n) is 4.61. The van der Waals surface area contributed by atoms with Crippen molar-refractivity contribution in [2.45, 2.75) is 0 Å².